The van der Waals surface area contributed by atoms with Crippen molar-refractivity contribution in [2.45, 2.75) is 19.0 Å². The summed E-state index contributed by atoms with van der Waals surface area (Å²) in [5.74, 6) is -1.80. The Labute approximate surface area is 166 Å². The third-order valence-corrected chi connectivity index (χ3v) is 5.79. The SMILES string of the molecule is CCN1CC=C2C(C#N)=C(N)C(C#N)(C#N)C(c3ccccc3C(F)(F)F)C2C1. The van der Waals surface area contributed by atoms with Crippen LogP contribution in [0.3, 0.4) is 0 Å². The average molecular weight is 397 g/mol. The summed E-state index contributed by atoms with van der Waals surface area (Å²) in [5.41, 5.74) is 3.25. The predicted octanol–water partition coefficient (Wildman–Crippen LogP) is 3.45. The summed E-state index contributed by atoms with van der Waals surface area (Å²) in [6.07, 6.45) is -2.89. The highest BCUT2D eigenvalue weighted by Gasteiger charge is 2.56. The highest BCUT2D eigenvalue weighted by atomic mass is 19.4. The van der Waals surface area contributed by atoms with Crippen molar-refractivity contribution >= 4 is 0 Å². The summed E-state index contributed by atoms with van der Waals surface area (Å²) < 4.78 is 41.4. The maximum Gasteiger partial charge on any atom is 0.416 e. The van der Waals surface area contributed by atoms with Crippen LogP contribution >= 0.6 is 0 Å². The van der Waals surface area contributed by atoms with Gasteiger partial charge in [0.25, 0.3) is 0 Å². The molecule has 0 radical (unpaired) electrons. The number of nitriles is 3. The minimum absolute atomic E-state index is 0.0228. The molecule has 1 heterocycles. The molecule has 8 heteroatoms. The van der Waals surface area contributed by atoms with Crippen molar-refractivity contribution in [3.8, 4) is 18.2 Å². The van der Waals surface area contributed by atoms with Gasteiger partial charge >= 0.3 is 6.18 Å². The largest absolute Gasteiger partial charge is 0.416 e. The number of hydrogen-bond acceptors (Lipinski definition) is 5. The molecule has 2 N–H and O–H groups in total. The smallest absolute Gasteiger partial charge is 0.399 e. The number of benzene rings is 1. The minimum atomic E-state index is -4.66. The number of alkyl halides is 3. The average Bonchev–Trinajstić information content (AvgIpc) is 2.72. The van der Waals surface area contributed by atoms with Gasteiger partial charge in [-0.15, -0.1) is 0 Å². The molecule has 29 heavy (non-hydrogen) atoms. The van der Waals surface area contributed by atoms with Crippen LogP contribution < -0.4 is 5.73 Å². The molecule has 1 aliphatic heterocycles. The molecule has 1 aromatic carbocycles. The highest BCUT2D eigenvalue weighted by molar-refractivity contribution is 5.60. The van der Waals surface area contributed by atoms with Crippen molar-refractivity contribution in [3.05, 3.63) is 58.3 Å². The van der Waals surface area contributed by atoms with Crippen LogP contribution in [-0.2, 0) is 6.18 Å². The van der Waals surface area contributed by atoms with Gasteiger partial charge in [0.15, 0.2) is 5.41 Å². The second kappa shape index (κ2) is 7.28. The molecule has 0 saturated carbocycles. The van der Waals surface area contributed by atoms with Gasteiger partial charge in [0.2, 0.25) is 0 Å². The van der Waals surface area contributed by atoms with Crippen LogP contribution in [0.2, 0.25) is 0 Å². The Kier molecular flexibility index (Phi) is 5.13. The van der Waals surface area contributed by atoms with Gasteiger partial charge in [0, 0.05) is 24.9 Å². The molecule has 0 saturated heterocycles. The molecule has 0 amide bonds. The molecule has 1 aliphatic carbocycles. The van der Waals surface area contributed by atoms with Crippen molar-refractivity contribution in [1.29, 1.82) is 15.8 Å². The van der Waals surface area contributed by atoms with Crippen molar-refractivity contribution in [3.63, 3.8) is 0 Å². The zero-order valence-electron chi connectivity index (χ0n) is 15.7. The van der Waals surface area contributed by atoms with Gasteiger partial charge in [-0.05, 0) is 23.7 Å². The van der Waals surface area contributed by atoms with E-state index in [1.54, 1.807) is 6.08 Å². The maximum absolute atomic E-state index is 13.8. The number of hydrogen-bond donors (Lipinski definition) is 1. The number of fused-ring (bicyclic) bond motifs is 1. The lowest BCUT2D eigenvalue weighted by Gasteiger charge is -2.46. The maximum atomic E-state index is 13.8. The van der Waals surface area contributed by atoms with Crippen LogP contribution in [0.15, 0.2) is 47.2 Å². The molecule has 5 nitrogen and oxygen atoms in total. The van der Waals surface area contributed by atoms with Gasteiger partial charge in [-0.3, -0.25) is 4.90 Å². The van der Waals surface area contributed by atoms with E-state index in [0.29, 0.717) is 25.2 Å². The third-order valence-electron chi connectivity index (χ3n) is 5.79. The zero-order valence-corrected chi connectivity index (χ0v) is 15.7. The summed E-state index contributed by atoms with van der Waals surface area (Å²) in [6, 6.07) is 10.7. The van der Waals surface area contributed by atoms with Gasteiger partial charge < -0.3 is 5.73 Å². The van der Waals surface area contributed by atoms with Crippen molar-refractivity contribution < 1.29 is 13.2 Å². The van der Waals surface area contributed by atoms with E-state index in [-0.39, 0.29) is 16.8 Å². The molecule has 2 aliphatic rings. The number of rotatable bonds is 2. The molecule has 0 bridgehead atoms. The van der Waals surface area contributed by atoms with Gasteiger partial charge in [-0.25, -0.2) is 0 Å². The third kappa shape index (κ3) is 3.05. The number of allylic oxidation sites excluding steroid dienone is 2. The molecular weight excluding hydrogens is 379 g/mol. The van der Waals surface area contributed by atoms with Gasteiger partial charge in [-0.1, -0.05) is 31.2 Å². The summed E-state index contributed by atoms with van der Waals surface area (Å²) in [5, 5.41) is 29.6. The van der Waals surface area contributed by atoms with Gasteiger partial charge in [0.1, 0.15) is 6.07 Å². The number of likely N-dealkylation sites (N-methyl/N-ethyl adjacent to an activating group) is 1. The quantitative estimate of drug-likeness (QED) is 0.824. The molecule has 2 unspecified atom stereocenters. The number of nitrogens with two attached hydrogens (primary N) is 1. The Morgan fingerprint density at radius 1 is 1.21 bits per heavy atom. The van der Waals surface area contributed by atoms with E-state index in [1.807, 2.05) is 30.0 Å². The molecule has 1 aromatic rings. The normalized spacial score (nSPS) is 24.0. The zero-order chi connectivity index (χ0) is 21.4. The first kappa shape index (κ1) is 20.5. The first-order valence-electron chi connectivity index (χ1n) is 9.06. The lowest BCUT2D eigenvalue weighted by atomic mass is 9.57. The Balaban J connectivity index is 2.38. The summed E-state index contributed by atoms with van der Waals surface area (Å²) in [4.78, 5) is 1.99. The number of halogens is 3. The van der Waals surface area contributed by atoms with Crippen LogP contribution in [0, 0.1) is 45.3 Å². The van der Waals surface area contributed by atoms with E-state index in [0.717, 1.165) is 6.07 Å². The topological polar surface area (TPSA) is 101 Å². The van der Waals surface area contributed by atoms with Crippen LogP contribution in [0.4, 0.5) is 13.2 Å². The molecule has 0 aromatic heterocycles. The molecule has 0 fully saturated rings. The minimum Gasteiger partial charge on any atom is -0.399 e. The van der Waals surface area contributed by atoms with Crippen molar-refractivity contribution in [2.24, 2.45) is 17.1 Å². The van der Waals surface area contributed by atoms with Gasteiger partial charge in [0.05, 0.1) is 29.0 Å². The fourth-order valence-corrected chi connectivity index (χ4v) is 4.37. The molecule has 3 rings (SSSR count). The first-order valence-corrected chi connectivity index (χ1v) is 9.06. The first-order chi connectivity index (χ1) is 13.7. The second-order valence-electron chi connectivity index (χ2n) is 7.11. The van der Waals surface area contributed by atoms with Crippen LogP contribution in [0.1, 0.15) is 24.0 Å². The van der Waals surface area contributed by atoms with E-state index < -0.39 is 29.0 Å². The lowest BCUT2D eigenvalue weighted by molar-refractivity contribution is -0.138. The molecule has 148 valence electrons. The molecule has 2 atom stereocenters. The second-order valence-corrected chi connectivity index (χ2v) is 7.11. The Morgan fingerprint density at radius 2 is 1.86 bits per heavy atom. The Bertz CT molecular complexity index is 1000. The van der Waals surface area contributed by atoms with E-state index >= 15 is 0 Å². The standard InChI is InChI=1S/C21H18F3N5/c1-2-29-8-7-13-15(9-25)19(28)20(11-26,12-27)18(16(13)10-29)14-5-3-4-6-17(14)21(22,23)24/h3-7,16,18H,2,8,10,28H2,1H3. The lowest BCUT2D eigenvalue weighted by Crippen LogP contribution is -2.48. The Morgan fingerprint density at radius 3 is 2.41 bits per heavy atom. The fraction of sp³-hybridized carbons (Fsp3) is 0.381. The number of nitrogens with zero attached hydrogens (tertiary/aromatic N) is 4. The molecule has 0 spiro atoms. The van der Waals surface area contributed by atoms with E-state index in [2.05, 4.69) is 0 Å². The van der Waals surface area contributed by atoms with E-state index in [1.165, 1.54) is 18.2 Å². The van der Waals surface area contributed by atoms with E-state index in [4.69, 9.17) is 5.73 Å². The van der Waals surface area contributed by atoms with Crippen molar-refractivity contribution in [1.82, 2.24) is 4.90 Å². The summed E-state index contributed by atoms with van der Waals surface area (Å²) in [6.45, 7) is 3.39. The summed E-state index contributed by atoms with van der Waals surface area (Å²) >= 11 is 0. The fourth-order valence-electron chi connectivity index (χ4n) is 4.37. The van der Waals surface area contributed by atoms with Gasteiger partial charge in [-0.2, -0.15) is 29.0 Å². The predicted molar refractivity (Wildman–Crippen MR) is 98.4 cm³/mol. The Hall–Kier alpha value is -3.28. The summed E-state index contributed by atoms with van der Waals surface area (Å²) in [7, 11) is 0. The van der Waals surface area contributed by atoms with Crippen molar-refractivity contribution in [2.75, 3.05) is 19.6 Å². The van der Waals surface area contributed by atoms with E-state index in [9.17, 15) is 29.0 Å². The van der Waals surface area contributed by atoms with Crippen LogP contribution in [0.5, 0.6) is 0 Å². The highest BCUT2D eigenvalue weighted by Crippen LogP contribution is 2.55. The molecular formula is C21H18F3N5. The van der Waals surface area contributed by atoms with Crippen LogP contribution in [0.25, 0.3) is 0 Å². The monoisotopic (exact) mass is 397 g/mol. The van der Waals surface area contributed by atoms with Crippen LogP contribution in [-0.4, -0.2) is 24.5 Å².